The lowest BCUT2D eigenvalue weighted by molar-refractivity contribution is -0.148. The molecule has 1 unspecified atom stereocenters. The zero-order valence-electron chi connectivity index (χ0n) is 29.7. The topological polar surface area (TPSA) is 177 Å². The van der Waals surface area contributed by atoms with Gasteiger partial charge >= 0.3 is 22.2 Å². The van der Waals surface area contributed by atoms with E-state index in [0.717, 1.165) is 6.42 Å². The smallest absolute Gasteiger partial charge is 0.408 e. The molecule has 224 valence electrons. The van der Waals surface area contributed by atoms with Crippen LogP contribution in [0.2, 0.25) is 0 Å². The van der Waals surface area contributed by atoms with Gasteiger partial charge in [0.25, 0.3) is 0 Å². The Hall–Kier alpha value is -3.19. The zero-order chi connectivity index (χ0) is 35.9. The molecule has 1 heterocycles. The van der Waals surface area contributed by atoms with E-state index in [4.69, 9.17) is 19.1 Å². The third kappa shape index (κ3) is 11.5. The maximum Gasteiger partial charge on any atom is 0.408 e. The van der Waals surface area contributed by atoms with Crippen molar-refractivity contribution in [3.63, 3.8) is 0 Å². The van der Waals surface area contributed by atoms with Crippen LogP contribution in [0.1, 0.15) is 80.9 Å². The first kappa shape index (κ1) is 23.5. The van der Waals surface area contributed by atoms with Gasteiger partial charge in [0.2, 0.25) is 17.3 Å². The summed E-state index contributed by atoms with van der Waals surface area (Å²) in [7, 11) is -5.17. The molecule has 0 radical (unpaired) electrons. The monoisotopic (exact) mass is 590 g/mol. The molecule has 12 nitrogen and oxygen atoms in total. The van der Waals surface area contributed by atoms with Crippen LogP contribution in [-0.4, -0.2) is 60.9 Å². The van der Waals surface area contributed by atoms with Crippen molar-refractivity contribution in [2.75, 3.05) is 6.54 Å². The number of carbonyl (C=O) groups excluding carboxylic acids is 4. The van der Waals surface area contributed by atoms with Gasteiger partial charge < -0.3 is 25.4 Å². The van der Waals surface area contributed by atoms with Crippen LogP contribution in [0.15, 0.2) is 30.2 Å². The second-order valence-corrected chi connectivity index (χ2v) is 11.3. The van der Waals surface area contributed by atoms with E-state index in [-0.39, 0.29) is 38.1 Å². The molecule has 1 aliphatic rings. The average molecular weight is 591 g/mol. The molecule has 1 aromatic rings. The molecular weight excluding hydrogens is 542 g/mol. The van der Waals surface area contributed by atoms with Crippen LogP contribution >= 0.6 is 0 Å². The van der Waals surface area contributed by atoms with Crippen LogP contribution in [-0.2, 0) is 40.5 Å². The van der Waals surface area contributed by atoms with E-state index < -0.39 is 99.8 Å². The van der Waals surface area contributed by atoms with Crippen LogP contribution in [0.5, 0.6) is 0 Å². The Balaban J connectivity index is 2.38. The van der Waals surface area contributed by atoms with Gasteiger partial charge in [0, 0.05) is 18.9 Å². The number of amides is 3. The molecule has 0 aromatic heterocycles. The van der Waals surface area contributed by atoms with Gasteiger partial charge in [0.1, 0.15) is 12.6 Å². The fourth-order valence-electron chi connectivity index (χ4n) is 4.03. The molecule has 4 atom stereocenters. The van der Waals surface area contributed by atoms with Crippen molar-refractivity contribution in [3.8, 4) is 0 Å². The molecule has 2 rings (SSSR count). The highest BCUT2D eigenvalue weighted by Gasteiger charge is 2.41. The van der Waals surface area contributed by atoms with E-state index in [2.05, 4.69) is 16.0 Å². The van der Waals surface area contributed by atoms with Crippen LogP contribution in [0.3, 0.4) is 0 Å². The van der Waals surface area contributed by atoms with Crippen molar-refractivity contribution in [1.29, 1.82) is 0 Å². The van der Waals surface area contributed by atoms with Crippen LogP contribution in [0.4, 0.5) is 4.79 Å². The third-order valence-corrected chi connectivity index (χ3v) is 6.96. The molecule has 1 fully saturated rings. The minimum Gasteiger partial charge on any atom is -0.445 e. The lowest BCUT2D eigenvalue weighted by Gasteiger charge is -2.29. The molecule has 40 heavy (non-hydrogen) atoms. The van der Waals surface area contributed by atoms with Crippen molar-refractivity contribution in [3.05, 3.63) is 35.8 Å². The second kappa shape index (κ2) is 16.2. The lowest BCUT2D eigenvalue weighted by atomic mass is 9.97. The van der Waals surface area contributed by atoms with Gasteiger partial charge in [0.05, 0.1) is 15.6 Å². The van der Waals surface area contributed by atoms with E-state index in [0.29, 0.717) is 12.8 Å². The number of rotatable bonds is 16. The summed E-state index contributed by atoms with van der Waals surface area (Å²) in [5, 5.41) is 7.08. The lowest BCUT2D eigenvalue weighted by Crippen LogP contribution is -2.55. The number of hydrogen-bond donors (Lipinski definition) is 4. The summed E-state index contributed by atoms with van der Waals surface area (Å²) >= 11 is 0. The van der Waals surface area contributed by atoms with Gasteiger partial charge in [-0.05, 0) is 37.2 Å². The standard InChI is InChI=1S/C27H41N3O9S/c1-4-5-7-12-23(31)39-26(40(35,36)37)22(16-20-13-14-28-24(20)32)29-25(33)21(15-18(2)3)30-27(34)38-17-19-10-8-6-9-11-19/h6,8-11,18,20-22,26H,4-5,7,12-17H2,1-3H3,(H,28,32)(H,29,33)(H,30,34)(H,35,36,37)/t20-,21-,22-,26?/m0/s1/i6D,8D,9D,10D,11D,17D2. The van der Waals surface area contributed by atoms with Gasteiger partial charge in [-0.1, -0.05) is 63.8 Å². The third-order valence-electron chi connectivity index (χ3n) is 5.94. The Morgan fingerprint density at radius 1 is 1.20 bits per heavy atom. The Bertz CT molecular complexity index is 1420. The summed E-state index contributed by atoms with van der Waals surface area (Å²) < 4.78 is 100. The van der Waals surface area contributed by atoms with Gasteiger partial charge in [0.15, 0.2) is 0 Å². The van der Waals surface area contributed by atoms with Crippen molar-refractivity contribution in [2.45, 2.75) is 89.8 Å². The molecule has 0 spiro atoms. The van der Waals surface area contributed by atoms with E-state index >= 15 is 0 Å². The summed E-state index contributed by atoms with van der Waals surface area (Å²) in [6.07, 6.45) is -0.229. The number of ether oxygens (including phenoxy) is 2. The minimum absolute atomic E-state index is 0.122. The van der Waals surface area contributed by atoms with Gasteiger partial charge in [-0.15, -0.1) is 0 Å². The van der Waals surface area contributed by atoms with Crippen molar-refractivity contribution < 1.29 is 51.2 Å². The molecule has 0 saturated carbocycles. The van der Waals surface area contributed by atoms with Gasteiger partial charge in [-0.2, -0.15) is 8.42 Å². The fourth-order valence-corrected chi connectivity index (χ4v) is 4.85. The first-order chi connectivity index (χ1) is 21.7. The highest BCUT2D eigenvalue weighted by Crippen LogP contribution is 2.22. The summed E-state index contributed by atoms with van der Waals surface area (Å²) in [5.74, 6) is -3.61. The largest absolute Gasteiger partial charge is 0.445 e. The highest BCUT2D eigenvalue weighted by atomic mass is 32.2. The molecule has 0 aliphatic carbocycles. The van der Waals surface area contributed by atoms with E-state index in [1.54, 1.807) is 13.8 Å². The molecule has 0 bridgehead atoms. The Kier molecular flexibility index (Phi) is 9.50. The van der Waals surface area contributed by atoms with Crippen molar-refractivity contribution in [2.24, 2.45) is 11.8 Å². The summed E-state index contributed by atoms with van der Waals surface area (Å²) in [4.78, 5) is 51.3. The molecule has 1 aromatic carbocycles. The maximum atomic E-state index is 13.6. The van der Waals surface area contributed by atoms with Crippen LogP contribution in [0, 0.1) is 11.8 Å². The molecular formula is C27H41N3O9S. The van der Waals surface area contributed by atoms with Crippen LogP contribution in [0.25, 0.3) is 0 Å². The van der Waals surface area contributed by atoms with Gasteiger partial charge in [-0.3, -0.25) is 18.9 Å². The van der Waals surface area contributed by atoms with E-state index in [1.165, 1.54) is 0 Å². The molecule has 13 heteroatoms. The predicted molar refractivity (Wildman–Crippen MR) is 146 cm³/mol. The number of carbonyl (C=O) groups is 4. The quantitative estimate of drug-likeness (QED) is 0.128. The molecule has 1 saturated heterocycles. The highest BCUT2D eigenvalue weighted by molar-refractivity contribution is 7.86. The number of esters is 1. The normalized spacial score (nSPS) is 20.3. The minimum atomic E-state index is -5.17. The molecule has 4 N–H and O–H groups in total. The van der Waals surface area contributed by atoms with Gasteiger partial charge in [-0.25, -0.2) is 4.79 Å². The van der Waals surface area contributed by atoms with Crippen LogP contribution < -0.4 is 16.0 Å². The number of alkyl carbamates (subject to hydrolysis) is 1. The summed E-state index contributed by atoms with van der Waals surface area (Å²) in [6.45, 7) is 2.21. The summed E-state index contributed by atoms with van der Waals surface area (Å²) in [5.41, 5.74) is -3.27. The summed E-state index contributed by atoms with van der Waals surface area (Å²) in [6, 6.07) is -7.64. The predicted octanol–water partition coefficient (Wildman–Crippen LogP) is 2.68. The Morgan fingerprint density at radius 3 is 2.48 bits per heavy atom. The molecule has 3 amide bonds. The maximum absolute atomic E-state index is 13.6. The zero-order valence-corrected chi connectivity index (χ0v) is 23.5. The number of hydrogen-bond acceptors (Lipinski definition) is 8. The number of nitrogens with one attached hydrogen (secondary N) is 3. The van der Waals surface area contributed by atoms with E-state index in [1.807, 2.05) is 6.92 Å². The number of benzene rings is 1. The first-order valence-corrected chi connectivity index (χ1v) is 14.5. The second-order valence-electron chi connectivity index (χ2n) is 9.78. The first-order valence-electron chi connectivity index (χ1n) is 16.5. The van der Waals surface area contributed by atoms with Crippen molar-refractivity contribution >= 4 is 34.0 Å². The van der Waals surface area contributed by atoms with E-state index in [9.17, 15) is 32.1 Å². The SMILES string of the molecule is [2H]c1c([2H])c([2H])c(C([2H])([2H])OC(=O)N[C@@H](CC(C)C)C(=O)N[C@@H](C[C@@H]2CCNC2=O)C(OC(=O)CCCCC)S(=O)(=O)O)c([2H])c1[2H]. The Morgan fingerprint density at radius 2 is 1.90 bits per heavy atom. The molecule has 1 aliphatic heterocycles. The van der Waals surface area contributed by atoms with Crippen molar-refractivity contribution in [1.82, 2.24) is 16.0 Å². The number of unbranched alkanes of at least 4 members (excludes halogenated alkanes) is 2. The Labute approximate surface area is 245 Å². The fraction of sp³-hybridized carbons (Fsp3) is 0.630. The average Bonchev–Trinajstić information content (AvgIpc) is 3.35.